The Labute approximate surface area is 112 Å². The number of carboxylic acid groups (broad SMARTS) is 1. The smallest absolute Gasteiger partial charge is 0.306 e. The Morgan fingerprint density at radius 3 is 2.00 bits per heavy atom. The van der Waals surface area contributed by atoms with Gasteiger partial charge in [-0.3, -0.25) is 4.79 Å². The van der Waals surface area contributed by atoms with Crippen LogP contribution in [0.25, 0.3) is 0 Å². The van der Waals surface area contributed by atoms with E-state index in [9.17, 15) is 9.90 Å². The first-order valence-electron chi connectivity index (χ1n) is 7.11. The van der Waals surface area contributed by atoms with Crippen LogP contribution in [0.1, 0.15) is 67.2 Å². The van der Waals surface area contributed by atoms with Gasteiger partial charge in [0.05, 0.1) is 11.5 Å². The van der Waals surface area contributed by atoms with E-state index < -0.39 is 11.6 Å². The monoisotopic (exact) mass is 258 g/mol. The molecule has 1 aliphatic rings. The van der Waals surface area contributed by atoms with Gasteiger partial charge in [-0.25, -0.2) is 0 Å². The lowest BCUT2D eigenvalue weighted by atomic mass is 9.64. The second-order valence-corrected chi connectivity index (χ2v) is 6.30. The van der Waals surface area contributed by atoms with Crippen molar-refractivity contribution in [2.45, 2.75) is 72.8 Å². The number of rotatable bonds is 2. The molecule has 0 saturated heterocycles. The quantitative estimate of drug-likeness (QED) is 0.794. The lowest BCUT2D eigenvalue weighted by Gasteiger charge is -2.46. The maximum absolute atomic E-state index is 11.0. The first kappa shape index (κ1) is 17.4. The van der Waals surface area contributed by atoms with E-state index in [1.165, 1.54) is 0 Å². The normalized spacial score (nSPS) is 27.7. The Bertz CT molecular complexity index is 263. The number of carboxylic acids is 1. The zero-order chi connectivity index (χ0) is 14.6. The Balaban J connectivity index is 0.00000137. The maximum atomic E-state index is 11.0. The second kappa shape index (κ2) is 6.55. The summed E-state index contributed by atoms with van der Waals surface area (Å²) < 4.78 is 0. The van der Waals surface area contributed by atoms with Crippen molar-refractivity contribution >= 4 is 5.97 Å². The van der Waals surface area contributed by atoms with Gasteiger partial charge in [0, 0.05) is 0 Å². The number of hydrogen-bond donors (Lipinski definition) is 2. The minimum absolute atomic E-state index is 0.0994. The summed E-state index contributed by atoms with van der Waals surface area (Å²) in [7, 11) is 0. The molecule has 0 aromatic carbocycles. The van der Waals surface area contributed by atoms with Crippen LogP contribution in [0.15, 0.2) is 0 Å². The summed E-state index contributed by atoms with van der Waals surface area (Å²) in [6.45, 7) is 11.9. The third-order valence-electron chi connectivity index (χ3n) is 4.34. The van der Waals surface area contributed by atoms with Crippen molar-refractivity contribution in [1.82, 2.24) is 0 Å². The summed E-state index contributed by atoms with van der Waals surface area (Å²) >= 11 is 0. The van der Waals surface area contributed by atoms with E-state index in [0.717, 1.165) is 19.3 Å². The highest BCUT2D eigenvalue weighted by molar-refractivity contribution is 5.70. The van der Waals surface area contributed by atoms with Gasteiger partial charge in [-0.05, 0) is 37.5 Å². The molecular weight excluding hydrogens is 228 g/mol. The molecule has 0 bridgehead atoms. The molecule has 0 radical (unpaired) electrons. The van der Waals surface area contributed by atoms with Crippen molar-refractivity contribution in [2.75, 3.05) is 0 Å². The number of aliphatic carboxylic acids is 1. The van der Waals surface area contributed by atoms with Crippen molar-refractivity contribution in [1.29, 1.82) is 0 Å². The molecule has 0 spiro atoms. The average molecular weight is 258 g/mol. The molecule has 1 rings (SSSR count). The first-order chi connectivity index (χ1) is 8.16. The van der Waals surface area contributed by atoms with Gasteiger partial charge in [0.1, 0.15) is 0 Å². The van der Waals surface area contributed by atoms with Crippen LogP contribution in [0.2, 0.25) is 0 Å². The predicted molar refractivity (Wildman–Crippen MR) is 74.5 cm³/mol. The van der Waals surface area contributed by atoms with E-state index in [1.807, 2.05) is 41.5 Å². The van der Waals surface area contributed by atoms with Gasteiger partial charge in [-0.2, -0.15) is 0 Å². The summed E-state index contributed by atoms with van der Waals surface area (Å²) in [5.41, 5.74) is -1.00. The third kappa shape index (κ3) is 3.98. The Hall–Kier alpha value is -0.570. The van der Waals surface area contributed by atoms with E-state index in [-0.39, 0.29) is 17.3 Å². The van der Waals surface area contributed by atoms with Gasteiger partial charge in [-0.15, -0.1) is 0 Å². The van der Waals surface area contributed by atoms with Gasteiger partial charge in [0.2, 0.25) is 0 Å². The van der Waals surface area contributed by atoms with Crippen LogP contribution in [0, 0.1) is 17.3 Å². The van der Waals surface area contributed by atoms with E-state index in [0.29, 0.717) is 6.42 Å². The highest BCUT2D eigenvalue weighted by Gasteiger charge is 2.44. The molecule has 1 saturated carbocycles. The fraction of sp³-hybridized carbons (Fsp3) is 0.933. The Morgan fingerprint density at radius 1 is 1.11 bits per heavy atom. The Morgan fingerprint density at radius 2 is 1.61 bits per heavy atom. The van der Waals surface area contributed by atoms with Crippen molar-refractivity contribution in [2.24, 2.45) is 17.3 Å². The molecule has 1 fully saturated rings. The van der Waals surface area contributed by atoms with Crippen LogP contribution in [-0.2, 0) is 4.79 Å². The van der Waals surface area contributed by atoms with Gasteiger partial charge >= 0.3 is 5.97 Å². The lowest BCUT2D eigenvalue weighted by molar-refractivity contribution is -0.148. The summed E-state index contributed by atoms with van der Waals surface area (Å²) in [6, 6.07) is 0. The number of aliphatic hydroxyl groups is 1. The summed E-state index contributed by atoms with van der Waals surface area (Å²) in [4.78, 5) is 11.0. The molecule has 3 nitrogen and oxygen atoms in total. The molecule has 0 aromatic rings. The van der Waals surface area contributed by atoms with Crippen LogP contribution >= 0.6 is 0 Å². The van der Waals surface area contributed by atoms with Crippen LogP contribution in [0.3, 0.4) is 0 Å². The highest BCUT2D eigenvalue weighted by Crippen LogP contribution is 2.44. The lowest BCUT2D eigenvalue weighted by Crippen LogP contribution is -2.48. The number of hydrogen-bond acceptors (Lipinski definition) is 2. The van der Waals surface area contributed by atoms with Crippen molar-refractivity contribution in [3.63, 3.8) is 0 Å². The average Bonchev–Trinajstić information content (AvgIpc) is 2.30. The van der Waals surface area contributed by atoms with Gasteiger partial charge in [0.25, 0.3) is 0 Å². The summed E-state index contributed by atoms with van der Waals surface area (Å²) in [6.07, 6.45) is 3.22. The van der Waals surface area contributed by atoms with Crippen LogP contribution < -0.4 is 0 Å². The predicted octanol–water partition coefficient (Wildman–Crippen LogP) is 3.70. The second-order valence-electron chi connectivity index (χ2n) is 6.30. The third-order valence-corrected chi connectivity index (χ3v) is 4.34. The first-order valence-corrected chi connectivity index (χ1v) is 7.11. The minimum atomic E-state index is -0.791. The van der Waals surface area contributed by atoms with Gasteiger partial charge in [-0.1, -0.05) is 41.0 Å². The van der Waals surface area contributed by atoms with Crippen LogP contribution in [0.5, 0.6) is 0 Å². The molecule has 0 aliphatic heterocycles. The molecule has 0 amide bonds. The van der Waals surface area contributed by atoms with Crippen molar-refractivity contribution in [3.8, 4) is 0 Å². The van der Waals surface area contributed by atoms with Gasteiger partial charge in [0.15, 0.2) is 0 Å². The summed E-state index contributed by atoms with van der Waals surface area (Å²) in [5, 5.41) is 19.6. The molecule has 2 N–H and O–H groups in total. The topological polar surface area (TPSA) is 57.5 Å². The molecular formula is C15H30O3. The zero-order valence-corrected chi connectivity index (χ0v) is 12.8. The minimum Gasteiger partial charge on any atom is -0.481 e. The molecule has 3 atom stereocenters. The molecule has 3 heteroatoms. The molecule has 0 aromatic heterocycles. The molecule has 108 valence electrons. The fourth-order valence-electron chi connectivity index (χ4n) is 2.54. The molecule has 0 heterocycles. The highest BCUT2D eigenvalue weighted by atomic mass is 16.4. The molecule has 3 unspecified atom stereocenters. The number of carbonyl (C=O) groups is 1. The van der Waals surface area contributed by atoms with E-state index in [1.54, 1.807) is 0 Å². The summed E-state index contributed by atoms with van der Waals surface area (Å²) in [5.74, 6) is -0.885. The van der Waals surface area contributed by atoms with E-state index >= 15 is 0 Å². The van der Waals surface area contributed by atoms with Crippen LogP contribution in [-0.4, -0.2) is 21.8 Å². The van der Waals surface area contributed by atoms with E-state index in [2.05, 4.69) is 0 Å². The SMILES string of the molecule is CC.CC(C)(C)C(C)(O)C1CCCC(C(=O)O)C1. The van der Waals surface area contributed by atoms with E-state index in [4.69, 9.17) is 5.11 Å². The Kier molecular flexibility index (Phi) is 6.35. The standard InChI is InChI=1S/C13H24O3.C2H6/c1-12(2,3)13(4,16)10-7-5-6-9(8-10)11(14)15;1-2/h9-10,16H,5-8H2,1-4H3,(H,14,15);1-2H3. The van der Waals surface area contributed by atoms with Gasteiger partial charge < -0.3 is 10.2 Å². The maximum Gasteiger partial charge on any atom is 0.306 e. The molecule has 18 heavy (non-hydrogen) atoms. The van der Waals surface area contributed by atoms with Crippen LogP contribution in [0.4, 0.5) is 0 Å². The van der Waals surface area contributed by atoms with Crippen molar-refractivity contribution < 1.29 is 15.0 Å². The largest absolute Gasteiger partial charge is 0.481 e. The van der Waals surface area contributed by atoms with Crippen molar-refractivity contribution in [3.05, 3.63) is 0 Å². The zero-order valence-electron chi connectivity index (χ0n) is 12.8. The fourth-order valence-corrected chi connectivity index (χ4v) is 2.54. The molecule has 1 aliphatic carbocycles.